The van der Waals surface area contributed by atoms with E-state index in [2.05, 4.69) is 14.0 Å². The van der Waals surface area contributed by atoms with Gasteiger partial charge in [-0.2, -0.15) is 0 Å². The minimum absolute atomic E-state index is 0.153. The number of aromatic nitrogens is 2. The SMILES string of the molecule is COP(=O)(O)OC[C@H]1O[C@@H](n2cnc(C(N)=O)c2N)[C@H](O)[C@@H]1O. The van der Waals surface area contributed by atoms with Crippen molar-refractivity contribution in [1.29, 1.82) is 0 Å². The van der Waals surface area contributed by atoms with Gasteiger partial charge < -0.3 is 31.3 Å². The van der Waals surface area contributed by atoms with Gasteiger partial charge >= 0.3 is 7.82 Å². The predicted octanol–water partition coefficient (Wildman–Crippen LogP) is -2.05. The van der Waals surface area contributed by atoms with Crippen LogP contribution < -0.4 is 11.5 Å². The summed E-state index contributed by atoms with van der Waals surface area (Å²) in [6, 6.07) is 0. The lowest BCUT2D eigenvalue weighted by Gasteiger charge is -2.17. The molecule has 1 aromatic rings. The number of aliphatic hydroxyl groups excluding tert-OH is 2. The van der Waals surface area contributed by atoms with Gasteiger partial charge in [0.25, 0.3) is 5.91 Å². The topological polar surface area (TPSA) is 192 Å². The van der Waals surface area contributed by atoms with E-state index in [-0.39, 0.29) is 11.5 Å². The van der Waals surface area contributed by atoms with E-state index in [1.807, 2.05) is 0 Å². The van der Waals surface area contributed by atoms with E-state index in [4.69, 9.17) is 21.1 Å². The summed E-state index contributed by atoms with van der Waals surface area (Å²) < 4.78 is 26.5. The minimum Gasteiger partial charge on any atom is -0.387 e. The van der Waals surface area contributed by atoms with Gasteiger partial charge in [0.05, 0.1) is 12.9 Å². The molecule has 130 valence electrons. The molecule has 1 aliphatic rings. The van der Waals surface area contributed by atoms with Gasteiger partial charge in [0.15, 0.2) is 11.9 Å². The molecule has 1 fully saturated rings. The third-order valence-electron chi connectivity index (χ3n) is 3.31. The molecule has 7 N–H and O–H groups in total. The molecule has 0 spiro atoms. The summed E-state index contributed by atoms with van der Waals surface area (Å²) in [4.78, 5) is 24.0. The van der Waals surface area contributed by atoms with Gasteiger partial charge in [0.1, 0.15) is 24.1 Å². The molecule has 1 amide bonds. The van der Waals surface area contributed by atoms with E-state index in [9.17, 15) is 19.6 Å². The molecule has 1 unspecified atom stereocenters. The lowest BCUT2D eigenvalue weighted by molar-refractivity contribution is -0.0515. The second kappa shape index (κ2) is 6.53. The molecule has 2 heterocycles. The van der Waals surface area contributed by atoms with Crippen LogP contribution in [0.4, 0.5) is 5.82 Å². The molecule has 12 nitrogen and oxygen atoms in total. The fourth-order valence-corrected chi connectivity index (χ4v) is 2.52. The van der Waals surface area contributed by atoms with Gasteiger partial charge in [-0.15, -0.1) is 0 Å². The molecule has 2 rings (SSSR count). The summed E-state index contributed by atoms with van der Waals surface area (Å²) in [6.07, 6.45) is -4.08. The molecule has 0 bridgehead atoms. The van der Waals surface area contributed by atoms with Crippen molar-refractivity contribution in [2.75, 3.05) is 19.5 Å². The number of carbonyl (C=O) groups excluding carboxylic acids is 1. The first kappa shape index (κ1) is 17.8. The number of phosphoric ester groups is 1. The fourth-order valence-electron chi connectivity index (χ4n) is 2.08. The molecule has 0 aromatic carbocycles. The Bertz CT molecular complexity index is 636. The van der Waals surface area contributed by atoms with Crippen LogP contribution in [0.1, 0.15) is 16.7 Å². The summed E-state index contributed by atoms with van der Waals surface area (Å²) in [5, 5.41) is 20.0. The van der Waals surface area contributed by atoms with E-state index < -0.39 is 44.9 Å². The number of phosphoric acid groups is 1. The zero-order valence-corrected chi connectivity index (χ0v) is 12.9. The van der Waals surface area contributed by atoms with E-state index in [1.54, 1.807) is 0 Å². The number of nitrogens with two attached hydrogens (primary N) is 2. The van der Waals surface area contributed by atoms with Crippen LogP contribution in [0, 0.1) is 0 Å². The Balaban J connectivity index is 2.14. The predicted molar refractivity (Wildman–Crippen MR) is 73.9 cm³/mol. The number of amides is 1. The number of primary amides is 1. The minimum atomic E-state index is -4.26. The number of aliphatic hydroxyl groups is 2. The first-order valence-corrected chi connectivity index (χ1v) is 7.84. The Morgan fingerprint density at radius 2 is 2.17 bits per heavy atom. The van der Waals surface area contributed by atoms with Crippen molar-refractivity contribution < 1.29 is 38.3 Å². The average Bonchev–Trinajstić information content (AvgIpc) is 2.99. The molecule has 23 heavy (non-hydrogen) atoms. The quantitative estimate of drug-likeness (QED) is 0.356. The molecule has 13 heteroatoms. The summed E-state index contributed by atoms with van der Waals surface area (Å²) in [7, 11) is -3.29. The number of nitrogens with zero attached hydrogens (tertiary/aromatic N) is 2. The van der Waals surface area contributed by atoms with E-state index in [0.717, 1.165) is 18.0 Å². The lowest BCUT2D eigenvalue weighted by atomic mass is 10.1. The van der Waals surface area contributed by atoms with Gasteiger partial charge in [-0.25, -0.2) is 9.55 Å². The first-order valence-electron chi connectivity index (χ1n) is 6.34. The van der Waals surface area contributed by atoms with Crippen molar-refractivity contribution in [1.82, 2.24) is 9.55 Å². The van der Waals surface area contributed by atoms with Crippen molar-refractivity contribution in [3.63, 3.8) is 0 Å². The Morgan fingerprint density at radius 3 is 2.70 bits per heavy atom. The number of carbonyl (C=O) groups is 1. The van der Waals surface area contributed by atoms with Crippen LogP contribution in [0.2, 0.25) is 0 Å². The van der Waals surface area contributed by atoms with Gasteiger partial charge in [-0.3, -0.25) is 18.4 Å². The maximum Gasteiger partial charge on any atom is 0.472 e. The van der Waals surface area contributed by atoms with Crippen molar-refractivity contribution in [3.8, 4) is 0 Å². The van der Waals surface area contributed by atoms with E-state index >= 15 is 0 Å². The summed E-state index contributed by atoms with van der Waals surface area (Å²) >= 11 is 0. The molecule has 1 aromatic heterocycles. The lowest BCUT2D eigenvalue weighted by Crippen LogP contribution is -2.33. The summed E-state index contributed by atoms with van der Waals surface area (Å²) in [5.41, 5.74) is 10.6. The third-order valence-corrected chi connectivity index (χ3v) is 4.25. The second-order valence-corrected chi connectivity index (χ2v) is 6.30. The molecule has 0 aliphatic carbocycles. The summed E-state index contributed by atoms with van der Waals surface area (Å²) in [6.45, 7) is -0.520. The highest BCUT2D eigenvalue weighted by Crippen LogP contribution is 2.43. The molecule has 0 saturated carbocycles. The largest absolute Gasteiger partial charge is 0.472 e. The van der Waals surface area contributed by atoms with Crippen LogP contribution >= 0.6 is 7.82 Å². The summed E-state index contributed by atoms with van der Waals surface area (Å²) in [5.74, 6) is -1.02. The highest BCUT2D eigenvalue weighted by molar-refractivity contribution is 7.47. The number of anilines is 1. The van der Waals surface area contributed by atoms with Crippen LogP contribution in [0.5, 0.6) is 0 Å². The monoisotopic (exact) mass is 352 g/mol. The molecular weight excluding hydrogens is 335 g/mol. The third kappa shape index (κ3) is 3.53. The van der Waals surface area contributed by atoms with Gasteiger partial charge in [-0.1, -0.05) is 0 Å². The number of imidazole rings is 1. The zero-order valence-electron chi connectivity index (χ0n) is 12.0. The average molecular weight is 352 g/mol. The first-order chi connectivity index (χ1) is 10.7. The number of ether oxygens (including phenoxy) is 1. The van der Waals surface area contributed by atoms with Crippen LogP contribution in [-0.2, 0) is 18.3 Å². The molecule has 0 radical (unpaired) electrons. The highest BCUT2D eigenvalue weighted by Gasteiger charge is 2.45. The van der Waals surface area contributed by atoms with Crippen LogP contribution in [-0.4, -0.2) is 62.6 Å². The van der Waals surface area contributed by atoms with E-state index in [0.29, 0.717) is 0 Å². The normalized spacial score (nSPS) is 30.3. The number of hydrogen-bond acceptors (Lipinski definition) is 9. The van der Waals surface area contributed by atoms with Gasteiger partial charge in [0.2, 0.25) is 0 Å². The van der Waals surface area contributed by atoms with Crippen LogP contribution in [0.15, 0.2) is 6.33 Å². The second-order valence-electron chi connectivity index (χ2n) is 4.74. The van der Waals surface area contributed by atoms with E-state index in [1.165, 1.54) is 0 Å². The molecule has 1 aliphatic heterocycles. The van der Waals surface area contributed by atoms with Crippen molar-refractivity contribution in [2.45, 2.75) is 24.5 Å². The van der Waals surface area contributed by atoms with Crippen molar-refractivity contribution in [2.24, 2.45) is 5.73 Å². The van der Waals surface area contributed by atoms with Gasteiger partial charge in [-0.05, 0) is 0 Å². The Kier molecular flexibility index (Phi) is 5.06. The number of hydrogen-bond donors (Lipinski definition) is 5. The molecular formula is C10H17N4O8P. The maximum atomic E-state index is 11.2. The zero-order chi connectivity index (χ0) is 17.4. The smallest absolute Gasteiger partial charge is 0.387 e. The maximum absolute atomic E-state index is 11.2. The van der Waals surface area contributed by atoms with Crippen LogP contribution in [0.3, 0.4) is 0 Å². The highest BCUT2D eigenvalue weighted by atomic mass is 31.2. The fraction of sp³-hybridized carbons (Fsp3) is 0.600. The number of nitrogen functional groups attached to an aromatic ring is 1. The van der Waals surface area contributed by atoms with Crippen molar-refractivity contribution in [3.05, 3.63) is 12.0 Å². The Morgan fingerprint density at radius 1 is 1.52 bits per heavy atom. The Hall–Kier alpha value is -1.53. The standard InChI is InChI=1S/C10H17N4O8P/c1-20-23(18,19)21-2-4-6(15)7(16)10(22-4)14-3-13-5(8(14)11)9(12)17/h3-4,6-7,10,15-16H,2,11H2,1H3,(H2,12,17)(H,18,19)/t4-,6-,7-,10-/m1/s1. The van der Waals surface area contributed by atoms with Crippen LogP contribution in [0.25, 0.3) is 0 Å². The molecule has 1 saturated heterocycles. The van der Waals surface area contributed by atoms with Crippen molar-refractivity contribution >= 4 is 19.5 Å². The van der Waals surface area contributed by atoms with Gasteiger partial charge in [0, 0.05) is 7.11 Å². The molecule has 5 atom stereocenters. The Labute approximate surface area is 130 Å². The number of rotatable bonds is 6.